The van der Waals surface area contributed by atoms with Gasteiger partial charge in [-0.1, -0.05) is 12.1 Å². The first-order chi connectivity index (χ1) is 6.31. The van der Waals surface area contributed by atoms with Crippen molar-refractivity contribution in [3.05, 3.63) is 29.8 Å². The zero-order valence-electron chi connectivity index (χ0n) is 7.99. The lowest BCUT2D eigenvalue weighted by Gasteiger charge is -2.13. The predicted molar refractivity (Wildman–Crippen MR) is 51.8 cm³/mol. The van der Waals surface area contributed by atoms with Crippen molar-refractivity contribution < 1.29 is 9.47 Å². The summed E-state index contributed by atoms with van der Waals surface area (Å²) in [7, 11) is 3.30. The molecular formula is C10H15NO2. The van der Waals surface area contributed by atoms with Crippen molar-refractivity contribution in [1.29, 1.82) is 0 Å². The Bertz CT molecular complexity index is 242. The second-order valence-corrected chi connectivity index (χ2v) is 2.73. The highest BCUT2D eigenvalue weighted by atomic mass is 16.5. The third kappa shape index (κ3) is 2.44. The summed E-state index contributed by atoms with van der Waals surface area (Å²) in [5, 5.41) is 0. The Morgan fingerprint density at radius 1 is 1.23 bits per heavy atom. The van der Waals surface area contributed by atoms with Crippen LogP contribution in [0.1, 0.15) is 11.7 Å². The highest BCUT2D eigenvalue weighted by Crippen LogP contribution is 2.18. The monoisotopic (exact) mass is 181 g/mol. The van der Waals surface area contributed by atoms with Crippen LogP contribution in [0.3, 0.4) is 0 Å². The average Bonchev–Trinajstić information content (AvgIpc) is 2.21. The van der Waals surface area contributed by atoms with Crippen LogP contribution in [0.4, 0.5) is 0 Å². The second-order valence-electron chi connectivity index (χ2n) is 2.73. The first kappa shape index (κ1) is 10.0. The maximum atomic E-state index is 5.53. The van der Waals surface area contributed by atoms with Gasteiger partial charge in [-0.2, -0.15) is 0 Å². The van der Waals surface area contributed by atoms with Gasteiger partial charge >= 0.3 is 0 Å². The lowest BCUT2D eigenvalue weighted by Crippen LogP contribution is -2.13. The van der Waals surface area contributed by atoms with Crippen molar-refractivity contribution in [2.45, 2.75) is 6.10 Å². The largest absolute Gasteiger partial charge is 0.497 e. The fourth-order valence-electron chi connectivity index (χ4n) is 1.19. The summed E-state index contributed by atoms with van der Waals surface area (Å²) in [5.74, 6) is 0.843. The van der Waals surface area contributed by atoms with Crippen molar-refractivity contribution in [2.75, 3.05) is 20.8 Å². The second kappa shape index (κ2) is 4.84. The summed E-state index contributed by atoms with van der Waals surface area (Å²) < 4.78 is 10.2. The summed E-state index contributed by atoms with van der Waals surface area (Å²) in [4.78, 5) is 0. The molecule has 3 nitrogen and oxygen atoms in total. The van der Waals surface area contributed by atoms with Crippen LogP contribution in [0.5, 0.6) is 5.75 Å². The van der Waals surface area contributed by atoms with E-state index < -0.39 is 0 Å². The van der Waals surface area contributed by atoms with Crippen molar-refractivity contribution in [3.63, 3.8) is 0 Å². The molecule has 72 valence electrons. The van der Waals surface area contributed by atoms with Crippen LogP contribution in [-0.4, -0.2) is 20.8 Å². The minimum atomic E-state index is -0.0223. The van der Waals surface area contributed by atoms with Crippen LogP contribution in [0.15, 0.2) is 24.3 Å². The molecule has 0 radical (unpaired) electrons. The third-order valence-electron chi connectivity index (χ3n) is 1.99. The third-order valence-corrected chi connectivity index (χ3v) is 1.99. The van der Waals surface area contributed by atoms with Crippen LogP contribution in [0.2, 0.25) is 0 Å². The average molecular weight is 181 g/mol. The molecule has 0 saturated heterocycles. The first-order valence-electron chi connectivity index (χ1n) is 4.18. The van der Waals surface area contributed by atoms with Crippen LogP contribution < -0.4 is 10.5 Å². The minimum Gasteiger partial charge on any atom is -0.497 e. The fraction of sp³-hybridized carbons (Fsp3) is 0.400. The lowest BCUT2D eigenvalue weighted by atomic mass is 10.1. The van der Waals surface area contributed by atoms with Crippen LogP contribution in [0, 0.1) is 0 Å². The van der Waals surface area contributed by atoms with Crippen LogP contribution in [-0.2, 0) is 4.74 Å². The molecule has 1 atom stereocenters. The summed E-state index contributed by atoms with van der Waals surface area (Å²) >= 11 is 0. The van der Waals surface area contributed by atoms with Crippen LogP contribution >= 0.6 is 0 Å². The van der Waals surface area contributed by atoms with Gasteiger partial charge < -0.3 is 15.2 Å². The molecule has 0 amide bonds. The van der Waals surface area contributed by atoms with Crippen molar-refractivity contribution in [3.8, 4) is 5.75 Å². The standard InChI is InChI=1S/C10H15NO2/c1-12-9-5-3-8(4-6-9)10(7-11)13-2/h3-6,10H,7,11H2,1-2H3. The quantitative estimate of drug-likeness (QED) is 0.762. The Labute approximate surface area is 78.5 Å². The van der Waals surface area contributed by atoms with E-state index in [1.54, 1.807) is 14.2 Å². The summed E-state index contributed by atoms with van der Waals surface area (Å²) in [6.07, 6.45) is -0.0223. The molecular weight excluding hydrogens is 166 g/mol. The van der Waals surface area contributed by atoms with E-state index in [2.05, 4.69) is 0 Å². The molecule has 1 rings (SSSR count). The number of benzene rings is 1. The molecule has 2 N–H and O–H groups in total. The van der Waals surface area contributed by atoms with E-state index in [1.165, 1.54) is 0 Å². The highest BCUT2D eigenvalue weighted by Gasteiger charge is 2.06. The smallest absolute Gasteiger partial charge is 0.118 e. The van der Waals surface area contributed by atoms with E-state index in [4.69, 9.17) is 15.2 Å². The molecule has 13 heavy (non-hydrogen) atoms. The molecule has 0 bridgehead atoms. The predicted octanol–water partition coefficient (Wildman–Crippen LogP) is 1.34. The Morgan fingerprint density at radius 2 is 1.85 bits per heavy atom. The Kier molecular flexibility index (Phi) is 3.73. The zero-order valence-corrected chi connectivity index (χ0v) is 7.99. The van der Waals surface area contributed by atoms with Gasteiger partial charge in [0.15, 0.2) is 0 Å². The Balaban J connectivity index is 2.78. The van der Waals surface area contributed by atoms with Gasteiger partial charge in [0.1, 0.15) is 5.75 Å². The summed E-state index contributed by atoms with van der Waals surface area (Å²) in [6, 6.07) is 7.72. The molecule has 0 aliphatic carbocycles. The number of methoxy groups -OCH3 is 2. The van der Waals surface area contributed by atoms with E-state index >= 15 is 0 Å². The number of hydrogen-bond donors (Lipinski definition) is 1. The maximum absolute atomic E-state index is 5.53. The molecule has 0 spiro atoms. The first-order valence-corrected chi connectivity index (χ1v) is 4.18. The van der Waals surface area contributed by atoms with Gasteiger partial charge in [-0.25, -0.2) is 0 Å². The molecule has 1 aromatic rings. The minimum absolute atomic E-state index is 0.0223. The molecule has 0 aromatic heterocycles. The molecule has 1 unspecified atom stereocenters. The van der Waals surface area contributed by atoms with Crippen molar-refractivity contribution in [2.24, 2.45) is 5.73 Å². The Morgan fingerprint density at radius 3 is 2.23 bits per heavy atom. The van der Waals surface area contributed by atoms with Gasteiger partial charge in [-0.3, -0.25) is 0 Å². The Hall–Kier alpha value is -1.06. The van der Waals surface area contributed by atoms with E-state index in [0.717, 1.165) is 11.3 Å². The molecule has 0 fully saturated rings. The van der Waals surface area contributed by atoms with Gasteiger partial charge in [-0.05, 0) is 17.7 Å². The lowest BCUT2D eigenvalue weighted by molar-refractivity contribution is 0.110. The van der Waals surface area contributed by atoms with E-state index in [9.17, 15) is 0 Å². The molecule has 0 saturated carbocycles. The fourth-order valence-corrected chi connectivity index (χ4v) is 1.19. The number of nitrogens with two attached hydrogens (primary N) is 1. The van der Waals surface area contributed by atoms with Gasteiger partial charge in [0.25, 0.3) is 0 Å². The highest BCUT2D eigenvalue weighted by molar-refractivity contribution is 5.28. The van der Waals surface area contributed by atoms with Gasteiger partial charge in [0, 0.05) is 13.7 Å². The molecule has 3 heteroatoms. The van der Waals surface area contributed by atoms with Gasteiger partial charge in [0.2, 0.25) is 0 Å². The topological polar surface area (TPSA) is 44.5 Å². The molecule has 1 aromatic carbocycles. The molecule has 0 heterocycles. The normalized spacial score (nSPS) is 12.5. The zero-order chi connectivity index (χ0) is 9.68. The van der Waals surface area contributed by atoms with Crippen molar-refractivity contribution >= 4 is 0 Å². The molecule has 0 aliphatic rings. The van der Waals surface area contributed by atoms with E-state index in [0.29, 0.717) is 6.54 Å². The number of hydrogen-bond acceptors (Lipinski definition) is 3. The van der Waals surface area contributed by atoms with E-state index in [1.807, 2.05) is 24.3 Å². The number of rotatable bonds is 4. The maximum Gasteiger partial charge on any atom is 0.118 e. The van der Waals surface area contributed by atoms with Gasteiger partial charge in [-0.15, -0.1) is 0 Å². The number of ether oxygens (including phenoxy) is 2. The SMILES string of the molecule is COc1ccc(C(CN)OC)cc1. The van der Waals surface area contributed by atoms with E-state index in [-0.39, 0.29) is 6.10 Å². The van der Waals surface area contributed by atoms with Crippen molar-refractivity contribution in [1.82, 2.24) is 0 Å². The molecule has 0 aliphatic heterocycles. The van der Waals surface area contributed by atoms with Crippen LogP contribution in [0.25, 0.3) is 0 Å². The summed E-state index contributed by atoms with van der Waals surface area (Å²) in [6.45, 7) is 0.489. The summed E-state index contributed by atoms with van der Waals surface area (Å²) in [5.41, 5.74) is 6.60. The van der Waals surface area contributed by atoms with Gasteiger partial charge in [0.05, 0.1) is 13.2 Å².